The van der Waals surface area contributed by atoms with Gasteiger partial charge in [-0.15, -0.1) is 0 Å². The first-order valence-corrected chi connectivity index (χ1v) is 5.49. The van der Waals surface area contributed by atoms with E-state index in [-0.39, 0.29) is 0 Å². The predicted octanol–water partition coefficient (Wildman–Crippen LogP) is 1.89. The summed E-state index contributed by atoms with van der Waals surface area (Å²) in [5.41, 5.74) is 5.29. The van der Waals surface area contributed by atoms with Gasteiger partial charge in [-0.05, 0) is 31.0 Å². The van der Waals surface area contributed by atoms with Crippen LogP contribution >= 0.6 is 0 Å². The fourth-order valence-corrected chi connectivity index (χ4v) is 2.03. The maximum atomic E-state index is 12.5. The van der Waals surface area contributed by atoms with E-state index in [2.05, 4.69) is 4.98 Å². The molecule has 1 aliphatic rings. The Kier molecular flexibility index (Phi) is 3.24. The Bertz CT molecular complexity index is 392. The molecule has 0 bridgehead atoms. The molecule has 1 saturated heterocycles. The molecule has 2 heterocycles. The van der Waals surface area contributed by atoms with Crippen LogP contribution in [0.1, 0.15) is 12.1 Å². The molecule has 2 rings (SSSR count). The number of rotatable bonds is 2. The van der Waals surface area contributed by atoms with Gasteiger partial charge < -0.3 is 10.6 Å². The summed E-state index contributed by atoms with van der Waals surface area (Å²) in [6.07, 6.45) is -2.25. The fourth-order valence-electron chi connectivity index (χ4n) is 2.03. The maximum absolute atomic E-state index is 12.5. The zero-order valence-corrected chi connectivity index (χ0v) is 9.24. The molecule has 1 fully saturated rings. The molecule has 0 saturated carbocycles. The van der Waals surface area contributed by atoms with E-state index in [9.17, 15) is 13.2 Å². The second-order valence-corrected chi connectivity index (χ2v) is 4.23. The van der Waals surface area contributed by atoms with Crippen LogP contribution in [-0.2, 0) is 6.18 Å². The zero-order valence-electron chi connectivity index (χ0n) is 9.24. The topological polar surface area (TPSA) is 42.1 Å². The van der Waals surface area contributed by atoms with Gasteiger partial charge in [0.05, 0.1) is 0 Å². The third-order valence-electron chi connectivity index (χ3n) is 3.02. The molecule has 0 radical (unpaired) electrons. The summed E-state index contributed by atoms with van der Waals surface area (Å²) in [5.74, 6) is 0.373. The van der Waals surface area contributed by atoms with Gasteiger partial charge in [0, 0.05) is 25.0 Å². The predicted molar refractivity (Wildman–Crippen MR) is 58.6 cm³/mol. The smallest absolute Gasteiger partial charge is 0.371 e. The molecule has 0 amide bonds. The average molecular weight is 245 g/mol. The molecule has 0 aliphatic carbocycles. The average Bonchev–Trinajstić information content (AvgIpc) is 2.76. The van der Waals surface area contributed by atoms with E-state index >= 15 is 0 Å². The van der Waals surface area contributed by atoms with Crippen LogP contribution in [0.2, 0.25) is 0 Å². The van der Waals surface area contributed by atoms with E-state index in [4.69, 9.17) is 5.73 Å². The van der Waals surface area contributed by atoms with Crippen molar-refractivity contribution in [2.45, 2.75) is 12.6 Å². The molecule has 94 valence electrons. The molecule has 6 heteroatoms. The van der Waals surface area contributed by atoms with Gasteiger partial charge in [0.1, 0.15) is 5.69 Å². The first-order chi connectivity index (χ1) is 8.00. The Morgan fingerprint density at radius 3 is 2.82 bits per heavy atom. The number of aromatic nitrogens is 1. The SMILES string of the molecule is NCC1CCN(c2ccnc(C(F)(F)F)c2)C1. The lowest BCUT2D eigenvalue weighted by molar-refractivity contribution is -0.141. The summed E-state index contributed by atoms with van der Waals surface area (Å²) in [5, 5.41) is 0. The molecule has 1 atom stereocenters. The molecule has 1 unspecified atom stereocenters. The van der Waals surface area contributed by atoms with Crippen molar-refractivity contribution in [3.8, 4) is 0 Å². The van der Waals surface area contributed by atoms with Gasteiger partial charge >= 0.3 is 6.18 Å². The first kappa shape index (κ1) is 12.2. The lowest BCUT2D eigenvalue weighted by Gasteiger charge is -2.19. The lowest BCUT2D eigenvalue weighted by Crippen LogP contribution is -2.23. The third-order valence-corrected chi connectivity index (χ3v) is 3.02. The number of nitrogens with two attached hydrogens (primary N) is 1. The first-order valence-electron chi connectivity index (χ1n) is 5.49. The number of halogens is 3. The maximum Gasteiger partial charge on any atom is 0.433 e. The van der Waals surface area contributed by atoms with Crippen molar-refractivity contribution in [1.82, 2.24) is 4.98 Å². The summed E-state index contributed by atoms with van der Waals surface area (Å²) in [7, 11) is 0. The monoisotopic (exact) mass is 245 g/mol. The van der Waals surface area contributed by atoms with Crippen LogP contribution in [-0.4, -0.2) is 24.6 Å². The van der Waals surface area contributed by atoms with Gasteiger partial charge in [0.15, 0.2) is 0 Å². The van der Waals surface area contributed by atoms with E-state index in [1.54, 1.807) is 6.07 Å². The van der Waals surface area contributed by atoms with Gasteiger partial charge in [-0.3, -0.25) is 4.98 Å². The van der Waals surface area contributed by atoms with Gasteiger partial charge in [-0.1, -0.05) is 0 Å². The van der Waals surface area contributed by atoms with Crippen molar-refractivity contribution in [2.75, 3.05) is 24.5 Å². The number of anilines is 1. The Balaban J connectivity index is 2.17. The summed E-state index contributed by atoms with van der Waals surface area (Å²) in [6.45, 7) is 2.05. The Morgan fingerprint density at radius 1 is 1.47 bits per heavy atom. The number of hydrogen-bond acceptors (Lipinski definition) is 3. The molecule has 1 aliphatic heterocycles. The van der Waals surface area contributed by atoms with Crippen LogP contribution in [0.3, 0.4) is 0 Å². The number of pyridine rings is 1. The highest BCUT2D eigenvalue weighted by atomic mass is 19.4. The summed E-state index contributed by atoms with van der Waals surface area (Å²) >= 11 is 0. The van der Waals surface area contributed by atoms with Crippen LogP contribution in [0.4, 0.5) is 18.9 Å². The van der Waals surface area contributed by atoms with Gasteiger partial charge in [0.25, 0.3) is 0 Å². The van der Waals surface area contributed by atoms with Crippen molar-refractivity contribution in [2.24, 2.45) is 11.7 Å². The minimum atomic E-state index is -4.39. The second kappa shape index (κ2) is 4.52. The quantitative estimate of drug-likeness (QED) is 0.865. The molecule has 2 N–H and O–H groups in total. The van der Waals surface area contributed by atoms with Crippen molar-refractivity contribution >= 4 is 5.69 Å². The minimum Gasteiger partial charge on any atom is -0.371 e. The summed E-state index contributed by atoms with van der Waals surface area (Å²) in [6, 6.07) is 2.70. The lowest BCUT2D eigenvalue weighted by atomic mass is 10.1. The standard InChI is InChI=1S/C11H14F3N3/c12-11(13,14)10-5-9(1-3-16-10)17-4-2-8(6-15)7-17/h1,3,5,8H,2,4,6-7,15H2. The van der Waals surface area contributed by atoms with Crippen molar-refractivity contribution in [1.29, 1.82) is 0 Å². The van der Waals surface area contributed by atoms with Crippen LogP contribution in [0, 0.1) is 5.92 Å². The number of nitrogens with zero attached hydrogens (tertiary/aromatic N) is 2. The van der Waals surface area contributed by atoms with Gasteiger partial charge in [-0.25, -0.2) is 0 Å². The molecular weight excluding hydrogens is 231 g/mol. The number of hydrogen-bond donors (Lipinski definition) is 1. The normalized spacial score (nSPS) is 20.9. The van der Waals surface area contributed by atoms with Crippen molar-refractivity contribution in [3.05, 3.63) is 24.0 Å². The fraction of sp³-hybridized carbons (Fsp3) is 0.545. The Morgan fingerprint density at radius 2 is 2.24 bits per heavy atom. The highest BCUT2D eigenvalue weighted by molar-refractivity contribution is 5.48. The zero-order chi connectivity index (χ0) is 12.5. The van der Waals surface area contributed by atoms with E-state index in [0.29, 0.717) is 18.2 Å². The minimum absolute atomic E-state index is 0.373. The molecule has 0 spiro atoms. The number of alkyl halides is 3. The molecule has 3 nitrogen and oxygen atoms in total. The van der Waals surface area contributed by atoms with Crippen molar-refractivity contribution < 1.29 is 13.2 Å². The van der Waals surface area contributed by atoms with E-state index in [0.717, 1.165) is 25.6 Å². The van der Waals surface area contributed by atoms with E-state index < -0.39 is 11.9 Å². The highest BCUT2D eigenvalue weighted by Gasteiger charge is 2.33. The summed E-state index contributed by atoms with van der Waals surface area (Å²) in [4.78, 5) is 5.27. The van der Waals surface area contributed by atoms with Crippen LogP contribution in [0.5, 0.6) is 0 Å². The highest BCUT2D eigenvalue weighted by Crippen LogP contribution is 2.31. The van der Waals surface area contributed by atoms with E-state index in [1.807, 2.05) is 4.90 Å². The summed E-state index contributed by atoms with van der Waals surface area (Å²) < 4.78 is 37.5. The van der Waals surface area contributed by atoms with Gasteiger partial charge in [0.2, 0.25) is 0 Å². The Labute approximate surface area is 97.4 Å². The van der Waals surface area contributed by atoms with Gasteiger partial charge in [-0.2, -0.15) is 13.2 Å². The molecule has 17 heavy (non-hydrogen) atoms. The van der Waals surface area contributed by atoms with Crippen LogP contribution < -0.4 is 10.6 Å². The second-order valence-electron chi connectivity index (χ2n) is 4.23. The Hall–Kier alpha value is -1.30. The van der Waals surface area contributed by atoms with Crippen molar-refractivity contribution in [3.63, 3.8) is 0 Å². The molecule has 1 aromatic heterocycles. The molecule has 1 aromatic rings. The third kappa shape index (κ3) is 2.69. The van der Waals surface area contributed by atoms with E-state index in [1.165, 1.54) is 6.20 Å². The van der Waals surface area contributed by atoms with Crippen LogP contribution in [0.15, 0.2) is 18.3 Å². The van der Waals surface area contributed by atoms with Crippen LogP contribution in [0.25, 0.3) is 0 Å². The molecular formula is C11H14F3N3. The largest absolute Gasteiger partial charge is 0.433 e. The molecule has 0 aromatic carbocycles.